The highest BCUT2D eigenvalue weighted by atomic mass is 79.9. The average Bonchev–Trinajstić information content (AvgIpc) is 2.41. The van der Waals surface area contributed by atoms with Crippen molar-refractivity contribution in [3.63, 3.8) is 0 Å². The Balaban J connectivity index is 2.23. The molecule has 0 atom stereocenters. The van der Waals surface area contributed by atoms with Crippen molar-refractivity contribution in [2.24, 2.45) is 0 Å². The number of rotatable bonds is 4. The van der Waals surface area contributed by atoms with E-state index in [-0.39, 0.29) is 5.78 Å². The Hall–Kier alpha value is -1.20. The van der Waals surface area contributed by atoms with Crippen LogP contribution in [0.1, 0.15) is 15.9 Å². The van der Waals surface area contributed by atoms with E-state index in [0.29, 0.717) is 12.0 Å². The van der Waals surface area contributed by atoms with Crippen molar-refractivity contribution < 1.29 is 9.53 Å². The van der Waals surface area contributed by atoms with Crippen LogP contribution in [0.5, 0.6) is 5.75 Å². The summed E-state index contributed by atoms with van der Waals surface area (Å²) in [6.07, 6.45) is 3.52. The third kappa shape index (κ3) is 3.64. The number of carbonyl (C=O) groups excluding carboxylic acids is 1. The number of hydrogen-bond donors (Lipinski definition) is 0. The van der Waals surface area contributed by atoms with Crippen molar-refractivity contribution in [2.75, 3.05) is 7.11 Å². The molecule has 0 aliphatic heterocycles. The van der Waals surface area contributed by atoms with Crippen LogP contribution in [0.15, 0.2) is 45.6 Å². The number of Topliss-reactive ketones (excluding diaryl/α,β-unsaturated/α-hetero) is 1. The van der Waals surface area contributed by atoms with Gasteiger partial charge in [-0.1, -0.05) is 15.9 Å². The zero-order valence-electron chi connectivity index (χ0n) is 10.2. The van der Waals surface area contributed by atoms with Gasteiger partial charge in [0.25, 0.3) is 0 Å². The molecule has 0 radical (unpaired) electrons. The Morgan fingerprint density at radius 3 is 2.74 bits per heavy atom. The fraction of sp³-hybridized carbons (Fsp3) is 0.143. The van der Waals surface area contributed by atoms with Gasteiger partial charge in [-0.15, -0.1) is 0 Å². The molecule has 0 saturated heterocycles. The molecule has 1 heterocycles. The fourth-order valence-electron chi connectivity index (χ4n) is 1.65. The number of benzene rings is 1. The Bertz CT molecular complexity index is 614. The molecular weight excluding hydrogens is 374 g/mol. The zero-order valence-corrected chi connectivity index (χ0v) is 13.4. The van der Waals surface area contributed by atoms with Crippen molar-refractivity contribution >= 4 is 37.6 Å². The second-order valence-electron chi connectivity index (χ2n) is 3.95. The van der Waals surface area contributed by atoms with Crippen LogP contribution in [-0.2, 0) is 6.42 Å². The quantitative estimate of drug-likeness (QED) is 0.746. The lowest BCUT2D eigenvalue weighted by molar-refractivity contribution is 0.0992. The van der Waals surface area contributed by atoms with Crippen molar-refractivity contribution in [3.05, 3.63) is 56.7 Å². The smallest absolute Gasteiger partial charge is 0.168 e. The zero-order chi connectivity index (χ0) is 13.8. The molecular formula is C14H11Br2NO2. The van der Waals surface area contributed by atoms with Crippen molar-refractivity contribution in [1.29, 1.82) is 0 Å². The number of aromatic nitrogens is 1. The third-order valence-electron chi connectivity index (χ3n) is 2.63. The van der Waals surface area contributed by atoms with Gasteiger partial charge >= 0.3 is 0 Å². The summed E-state index contributed by atoms with van der Waals surface area (Å²) < 4.78 is 6.85. The van der Waals surface area contributed by atoms with Crippen LogP contribution < -0.4 is 4.74 Å². The van der Waals surface area contributed by atoms with E-state index in [9.17, 15) is 4.79 Å². The summed E-state index contributed by atoms with van der Waals surface area (Å²) in [7, 11) is 1.60. The molecule has 1 aromatic carbocycles. The van der Waals surface area contributed by atoms with Crippen LogP contribution in [0.25, 0.3) is 0 Å². The molecule has 2 rings (SSSR count). The van der Waals surface area contributed by atoms with Crippen LogP contribution in [-0.4, -0.2) is 17.9 Å². The molecule has 0 aliphatic carbocycles. The number of methoxy groups -OCH3 is 1. The maximum Gasteiger partial charge on any atom is 0.168 e. The van der Waals surface area contributed by atoms with Gasteiger partial charge in [0.2, 0.25) is 0 Å². The molecule has 5 heteroatoms. The number of pyridine rings is 1. The van der Waals surface area contributed by atoms with Crippen molar-refractivity contribution in [1.82, 2.24) is 4.98 Å². The average molecular weight is 385 g/mol. The molecule has 0 bridgehead atoms. The summed E-state index contributed by atoms with van der Waals surface area (Å²) >= 11 is 6.75. The first-order valence-corrected chi connectivity index (χ1v) is 7.15. The fourth-order valence-corrected chi connectivity index (χ4v) is 2.40. The van der Waals surface area contributed by atoms with E-state index in [1.165, 1.54) is 0 Å². The Morgan fingerprint density at radius 1 is 1.26 bits per heavy atom. The topological polar surface area (TPSA) is 39.2 Å². The maximum absolute atomic E-state index is 12.2. The lowest BCUT2D eigenvalue weighted by Crippen LogP contribution is -2.05. The van der Waals surface area contributed by atoms with Gasteiger partial charge in [-0.05, 0) is 45.8 Å². The van der Waals surface area contributed by atoms with E-state index >= 15 is 0 Å². The van der Waals surface area contributed by atoms with E-state index in [1.54, 1.807) is 25.6 Å². The lowest BCUT2D eigenvalue weighted by atomic mass is 10.0. The van der Waals surface area contributed by atoms with Gasteiger partial charge < -0.3 is 4.74 Å². The molecule has 3 nitrogen and oxygen atoms in total. The maximum atomic E-state index is 12.2. The minimum atomic E-state index is 0.0164. The molecule has 19 heavy (non-hydrogen) atoms. The predicted molar refractivity (Wildman–Crippen MR) is 80.7 cm³/mol. The van der Waals surface area contributed by atoms with Gasteiger partial charge in [0.05, 0.1) is 7.11 Å². The largest absolute Gasteiger partial charge is 0.497 e. The Morgan fingerprint density at radius 2 is 2.05 bits per heavy atom. The minimum absolute atomic E-state index is 0.0164. The monoisotopic (exact) mass is 383 g/mol. The first-order valence-electron chi connectivity index (χ1n) is 5.56. The molecule has 0 amide bonds. The van der Waals surface area contributed by atoms with Gasteiger partial charge in [-0.3, -0.25) is 9.78 Å². The first-order chi connectivity index (χ1) is 9.10. The molecule has 2 aromatic rings. The second kappa shape index (κ2) is 6.30. The molecule has 98 valence electrons. The van der Waals surface area contributed by atoms with E-state index in [1.807, 2.05) is 18.2 Å². The van der Waals surface area contributed by atoms with Crippen LogP contribution in [0, 0.1) is 0 Å². The molecule has 0 unspecified atom stereocenters. The van der Waals surface area contributed by atoms with Crippen LogP contribution in [0.2, 0.25) is 0 Å². The van der Waals surface area contributed by atoms with Crippen LogP contribution in [0.4, 0.5) is 0 Å². The number of ether oxygens (including phenoxy) is 1. The molecule has 1 aromatic heterocycles. The summed E-state index contributed by atoms with van der Waals surface area (Å²) in [5.74, 6) is 0.751. The molecule has 0 N–H and O–H groups in total. The number of halogens is 2. The molecule has 0 aliphatic rings. The van der Waals surface area contributed by atoms with E-state index in [4.69, 9.17) is 4.74 Å². The van der Waals surface area contributed by atoms with E-state index < -0.39 is 0 Å². The lowest BCUT2D eigenvalue weighted by Gasteiger charge is -2.07. The molecule has 0 fully saturated rings. The van der Waals surface area contributed by atoms with Gasteiger partial charge in [-0.2, -0.15) is 0 Å². The highest BCUT2D eigenvalue weighted by Gasteiger charge is 2.11. The van der Waals surface area contributed by atoms with Gasteiger partial charge in [0, 0.05) is 33.3 Å². The van der Waals surface area contributed by atoms with Gasteiger partial charge in [0.1, 0.15) is 5.75 Å². The van der Waals surface area contributed by atoms with Gasteiger partial charge in [0.15, 0.2) is 5.78 Å². The summed E-state index contributed by atoms with van der Waals surface area (Å²) in [6.45, 7) is 0. The summed E-state index contributed by atoms with van der Waals surface area (Å²) in [5, 5.41) is 0. The normalized spacial score (nSPS) is 10.3. The van der Waals surface area contributed by atoms with Gasteiger partial charge in [-0.25, -0.2) is 0 Å². The summed E-state index contributed by atoms with van der Waals surface area (Å²) in [5.41, 5.74) is 1.48. The highest BCUT2D eigenvalue weighted by molar-refractivity contribution is 9.10. The summed E-state index contributed by atoms with van der Waals surface area (Å²) in [6, 6.07) is 7.34. The summed E-state index contributed by atoms with van der Waals surface area (Å²) in [4.78, 5) is 16.2. The highest BCUT2D eigenvalue weighted by Crippen LogP contribution is 2.24. The predicted octanol–water partition coefficient (Wildman–Crippen LogP) is 4.04. The van der Waals surface area contributed by atoms with Crippen LogP contribution in [0.3, 0.4) is 0 Å². The number of hydrogen-bond acceptors (Lipinski definition) is 3. The number of carbonyl (C=O) groups is 1. The second-order valence-corrected chi connectivity index (χ2v) is 5.72. The Kier molecular flexibility index (Phi) is 4.71. The van der Waals surface area contributed by atoms with Crippen molar-refractivity contribution in [2.45, 2.75) is 6.42 Å². The number of nitrogens with zero attached hydrogens (tertiary/aromatic N) is 1. The third-order valence-corrected chi connectivity index (χ3v) is 3.84. The number of ketones is 1. The minimum Gasteiger partial charge on any atom is -0.497 e. The van der Waals surface area contributed by atoms with E-state index in [0.717, 1.165) is 20.3 Å². The van der Waals surface area contributed by atoms with Crippen molar-refractivity contribution in [3.8, 4) is 5.75 Å². The Labute approximate surface area is 128 Å². The standard InChI is InChI=1S/C14H11Br2NO2/c1-19-12-2-3-13(16)9(5-12)6-14(18)10-4-11(15)8-17-7-10/h2-5,7-8H,6H2,1H3. The molecule has 0 spiro atoms. The first kappa shape index (κ1) is 14.2. The van der Waals surface area contributed by atoms with E-state index in [2.05, 4.69) is 36.8 Å². The molecule has 0 saturated carbocycles. The SMILES string of the molecule is COc1ccc(Br)c(CC(=O)c2cncc(Br)c2)c1. The van der Waals surface area contributed by atoms with Crippen LogP contribution >= 0.6 is 31.9 Å².